The minimum atomic E-state index is -3.56. The molecule has 0 spiro atoms. The van der Waals surface area contributed by atoms with Crippen molar-refractivity contribution in [2.75, 3.05) is 45.8 Å². The fourth-order valence-electron chi connectivity index (χ4n) is 2.76. The monoisotopic (exact) mass is 315 g/mol. The van der Waals surface area contributed by atoms with Crippen molar-refractivity contribution < 1.29 is 18.3 Å². The molecule has 0 aromatic heterocycles. The summed E-state index contributed by atoms with van der Waals surface area (Å²) < 4.78 is 27.9. The van der Waals surface area contributed by atoms with Gasteiger partial charge in [0.15, 0.2) is 0 Å². The van der Waals surface area contributed by atoms with Gasteiger partial charge in [-0.1, -0.05) is 5.92 Å². The molecule has 0 bridgehead atoms. The van der Waals surface area contributed by atoms with Gasteiger partial charge in [0.2, 0.25) is 0 Å². The number of carbonyl (C=O) groups is 1. The standard InChI is InChI=1S/C13H21N3O4S/c1-2-5-14-7-9-15(10-8-14)21(19,20)16-6-3-4-12(11-16)13(17)18/h1,12H,3-11H2,(H,17,18). The summed E-state index contributed by atoms with van der Waals surface area (Å²) in [4.78, 5) is 13.1. The second-order valence-electron chi connectivity index (χ2n) is 5.42. The van der Waals surface area contributed by atoms with E-state index in [0.717, 1.165) is 0 Å². The van der Waals surface area contributed by atoms with Gasteiger partial charge in [-0.3, -0.25) is 9.69 Å². The van der Waals surface area contributed by atoms with Gasteiger partial charge in [0.05, 0.1) is 12.5 Å². The zero-order valence-electron chi connectivity index (χ0n) is 11.9. The molecule has 8 heteroatoms. The van der Waals surface area contributed by atoms with Crippen molar-refractivity contribution in [2.45, 2.75) is 12.8 Å². The summed E-state index contributed by atoms with van der Waals surface area (Å²) in [6.07, 6.45) is 6.38. The lowest BCUT2D eigenvalue weighted by Gasteiger charge is -2.38. The molecular formula is C13H21N3O4S. The van der Waals surface area contributed by atoms with Crippen LogP contribution in [0.5, 0.6) is 0 Å². The van der Waals surface area contributed by atoms with Gasteiger partial charge in [-0.15, -0.1) is 6.42 Å². The molecule has 2 saturated heterocycles. The molecule has 2 rings (SSSR count). The van der Waals surface area contributed by atoms with Crippen LogP contribution in [0.2, 0.25) is 0 Å². The molecule has 2 heterocycles. The van der Waals surface area contributed by atoms with Crippen LogP contribution in [0, 0.1) is 18.3 Å². The normalized spacial score (nSPS) is 26.3. The van der Waals surface area contributed by atoms with Crippen molar-refractivity contribution in [1.29, 1.82) is 0 Å². The van der Waals surface area contributed by atoms with E-state index in [9.17, 15) is 13.2 Å². The summed E-state index contributed by atoms with van der Waals surface area (Å²) >= 11 is 0. The maximum Gasteiger partial charge on any atom is 0.307 e. The highest BCUT2D eigenvalue weighted by Gasteiger charge is 2.36. The molecule has 0 saturated carbocycles. The van der Waals surface area contributed by atoms with Crippen molar-refractivity contribution in [2.24, 2.45) is 5.92 Å². The zero-order chi connectivity index (χ0) is 15.5. The Bertz CT molecular complexity index is 520. The molecule has 0 aromatic carbocycles. The number of hydrogen-bond acceptors (Lipinski definition) is 4. The van der Waals surface area contributed by atoms with Gasteiger partial charge >= 0.3 is 5.97 Å². The number of aliphatic carboxylic acids is 1. The molecule has 1 unspecified atom stereocenters. The molecule has 1 atom stereocenters. The first kappa shape index (κ1) is 16.2. The van der Waals surface area contributed by atoms with E-state index in [2.05, 4.69) is 5.92 Å². The molecule has 1 N–H and O–H groups in total. The average molecular weight is 315 g/mol. The van der Waals surface area contributed by atoms with Crippen molar-refractivity contribution in [3.63, 3.8) is 0 Å². The lowest BCUT2D eigenvalue weighted by atomic mass is 10.0. The highest BCUT2D eigenvalue weighted by Crippen LogP contribution is 2.22. The Morgan fingerprint density at radius 2 is 1.86 bits per heavy atom. The third-order valence-corrected chi connectivity index (χ3v) is 6.03. The number of carboxylic acid groups (broad SMARTS) is 1. The van der Waals surface area contributed by atoms with Gasteiger partial charge in [0.1, 0.15) is 0 Å². The van der Waals surface area contributed by atoms with Crippen LogP contribution in [0.3, 0.4) is 0 Å². The Labute approximate surface area is 125 Å². The highest BCUT2D eigenvalue weighted by atomic mass is 32.2. The number of terminal acetylenes is 1. The summed E-state index contributed by atoms with van der Waals surface area (Å²) in [5, 5.41) is 9.07. The predicted octanol–water partition coefficient (Wildman–Crippen LogP) is -0.721. The van der Waals surface area contributed by atoms with Crippen LogP contribution < -0.4 is 0 Å². The van der Waals surface area contributed by atoms with Gasteiger partial charge in [-0.05, 0) is 12.8 Å². The van der Waals surface area contributed by atoms with Crippen molar-refractivity contribution >= 4 is 16.2 Å². The smallest absolute Gasteiger partial charge is 0.307 e. The van der Waals surface area contributed by atoms with Crippen LogP contribution in [0.25, 0.3) is 0 Å². The van der Waals surface area contributed by atoms with E-state index in [4.69, 9.17) is 11.5 Å². The molecule has 0 aromatic rings. The first-order valence-corrected chi connectivity index (χ1v) is 8.48. The van der Waals surface area contributed by atoms with Gasteiger partial charge < -0.3 is 5.11 Å². The van der Waals surface area contributed by atoms with E-state index >= 15 is 0 Å². The zero-order valence-corrected chi connectivity index (χ0v) is 12.8. The molecule has 0 aliphatic carbocycles. The Balaban J connectivity index is 1.99. The average Bonchev–Trinajstić information content (AvgIpc) is 2.48. The first-order valence-electron chi connectivity index (χ1n) is 7.09. The number of carboxylic acids is 1. The molecule has 2 aliphatic rings. The second-order valence-corrected chi connectivity index (χ2v) is 7.35. The number of piperazine rings is 1. The Morgan fingerprint density at radius 1 is 1.19 bits per heavy atom. The fourth-order valence-corrected chi connectivity index (χ4v) is 4.44. The summed E-state index contributed by atoms with van der Waals surface area (Å²) in [7, 11) is -3.56. The van der Waals surface area contributed by atoms with Crippen molar-refractivity contribution in [3.05, 3.63) is 0 Å². The molecule has 2 fully saturated rings. The van der Waals surface area contributed by atoms with Gasteiger partial charge in [-0.25, -0.2) is 0 Å². The third kappa shape index (κ3) is 3.74. The Morgan fingerprint density at radius 3 is 2.43 bits per heavy atom. The topological polar surface area (TPSA) is 81.2 Å². The summed E-state index contributed by atoms with van der Waals surface area (Å²) in [5.41, 5.74) is 0. The molecule has 118 valence electrons. The van der Waals surface area contributed by atoms with E-state index in [1.165, 1.54) is 8.61 Å². The van der Waals surface area contributed by atoms with Crippen LogP contribution in [0.1, 0.15) is 12.8 Å². The fraction of sp³-hybridized carbons (Fsp3) is 0.769. The predicted molar refractivity (Wildman–Crippen MR) is 77.7 cm³/mol. The van der Waals surface area contributed by atoms with Gasteiger partial charge in [-0.2, -0.15) is 17.0 Å². The quantitative estimate of drug-likeness (QED) is 0.693. The van der Waals surface area contributed by atoms with E-state index < -0.39 is 22.1 Å². The van der Waals surface area contributed by atoms with Crippen LogP contribution in [-0.2, 0) is 15.0 Å². The largest absolute Gasteiger partial charge is 0.481 e. The maximum atomic E-state index is 12.6. The summed E-state index contributed by atoms with van der Waals surface area (Å²) in [5.74, 6) is 1.03. The number of hydrogen-bond donors (Lipinski definition) is 1. The number of nitrogens with zero attached hydrogens (tertiary/aromatic N) is 3. The Kier molecular flexibility index (Phi) is 5.22. The van der Waals surface area contributed by atoms with Crippen molar-refractivity contribution in [1.82, 2.24) is 13.5 Å². The number of piperidine rings is 1. The molecule has 2 aliphatic heterocycles. The minimum absolute atomic E-state index is 0.0717. The second kappa shape index (κ2) is 6.75. The van der Waals surface area contributed by atoms with Crippen LogP contribution in [0.15, 0.2) is 0 Å². The van der Waals surface area contributed by atoms with Crippen LogP contribution >= 0.6 is 0 Å². The van der Waals surface area contributed by atoms with E-state index in [-0.39, 0.29) is 6.54 Å². The summed E-state index contributed by atoms with van der Waals surface area (Å²) in [6, 6.07) is 0. The lowest BCUT2D eigenvalue weighted by Crippen LogP contribution is -2.55. The molecule has 7 nitrogen and oxygen atoms in total. The van der Waals surface area contributed by atoms with E-state index in [1.807, 2.05) is 4.90 Å². The van der Waals surface area contributed by atoms with Gasteiger partial charge in [0.25, 0.3) is 10.2 Å². The first-order chi connectivity index (χ1) is 9.95. The van der Waals surface area contributed by atoms with Crippen molar-refractivity contribution in [3.8, 4) is 12.3 Å². The van der Waals surface area contributed by atoms with E-state index in [1.54, 1.807) is 0 Å². The highest BCUT2D eigenvalue weighted by molar-refractivity contribution is 7.86. The third-order valence-electron chi connectivity index (χ3n) is 4.03. The number of rotatable bonds is 4. The Hall–Kier alpha value is -1.14. The SMILES string of the molecule is C#CCN1CCN(S(=O)(=O)N2CCCC(C(=O)O)C2)CC1. The minimum Gasteiger partial charge on any atom is -0.481 e. The molecule has 21 heavy (non-hydrogen) atoms. The van der Waals surface area contributed by atoms with Crippen LogP contribution in [-0.4, -0.2) is 78.8 Å². The molecule has 0 amide bonds. The molecular weight excluding hydrogens is 294 g/mol. The van der Waals surface area contributed by atoms with E-state index in [0.29, 0.717) is 52.1 Å². The molecule has 0 radical (unpaired) electrons. The maximum absolute atomic E-state index is 12.6. The van der Waals surface area contributed by atoms with Crippen LogP contribution in [0.4, 0.5) is 0 Å². The lowest BCUT2D eigenvalue weighted by molar-refractivity contribution is -0.142. The summed E-state index contributed by atoms with van der Waals surface area (Å²) in [6.45, 7) is 3.02. The van der Waals surface area contributed by atoms with Gasteiger partial charge in [0, 0.05) is 39.3 Å².